The standard InChI is InChI=1S/C15H25N3O/c1-19-15-7-6-14(13-17-15)12-16-8-11-18-9-4-2-3-5-10-18/h6-7,13,16H,2-5,8-12H2,1H3. The predicted octanol–water partition coefficient (Wildman–Crippen LogP) is 2.06. The highest BCUT2D eigenvalue weighted by molar-refractivity contribution is 5.17. The molecule has 1 aromatic heterocycles. The van der Waals surface area contributed by atoms with Gasteiger partial charge in [-0.25, -0.2) is 4.98 Å². The summed E-state index contributed by atoms with van der Waals surface area (Å²) in [6, 6.07) is 3.97. The Morgan fingerprint density at radius 3 is 2.63 bits per heavy atom. The minimum Gasteiger partial charge on any atom is -0.481 e. The van der Waals surface area contributed by atoms with Gasteiger partial charge in [-0.1, -0.05) is 18.9 Å². The van der Waals surface area contributed by atoms with Gasteiger partial charge in [-0.05, 0) is 31.5 Å². The molecule has 19 heavy (non-hydrogen) atoms. The average molecular weight is 263 g/mol. The highest BCUT2D eigenvalue weighted by Crippen LogP contribution is 2.09. The van der Waals surface area contributed by atoms with E-state index >= 15 is 0 Å². The van der Waals surface area contributed by atoms with Gasteiger partial charge in [-0.2, -0.15) is 0 Å². The Bertz CT molecular complexity index is 345. The molecule has 106 valence electrons. The number of nitrogens with one attached hydrogen (secondary N) is 1. The van der Waals surface area contributed by atoms with Gasteiger partial charge in [-0.3, -0.25) is 0 Å². The molecule has 1 aliphatic heterocycles. The summed E-state index contributed by atoms with van der Waals surface area (Å²) >= 11 is 0. The van der Waals surface area contributed by atoms with Gasteiger partial charge in [-0.15, -0.1) is 0 Å². The molecule has 1 aliphatic rings. The summed E-state index contributed by atoms with van der Waals surface area (Å²) in [4.78, 5) is 6.78. The number of likely N-dealkylation sites (tertiary alicyclic amines) is 1. The third kappa shape index (κ3) is 5.17. The van der Waals surface area contributed by atoms with Crippen molar-refractivity contribution in [3.63, 3.8) is 0 Å². The third-order valence-electron chi connectivity index (χ3n) is 3.64. The first-order chi connectivity index (χ1) is 9.38. The minimum absolute atomic E-state index is 0.674. The number of rotatable bonds is 6. The van der Waals surface area contributed by atoms with E-state index in [1.54, 1.807) is 7.11 Å². The molecule has 0 atom stereocenters. The van der Waals surface area contributed by atoms with E-state index in [-0.39, 0.29) is 0 Å². The first-order valence-corrected chi connectivity index (χ1v) is 7.30. The summed E-state index contributed by atoms with van der Waals surface area (Å²) in [5.74, 6) is 0.674. The fourth-order valence-corrected chi connectivity index (χ4v) is 2.47. The van der Waals surface area contributed by atoms with Crippen molar-refractivity contribution in [3.8, 4) is 5.88 Å². The molecule has 0 radical (unpaired) electrons. The van der Waals surface area contributed by atoms with Gasteiger partial charge in [0.2, 0.25) is 5.88 Å². The maximum atomic E-state index is 5.05. The molecule has 4 nitrogen and oxygen atoms in total. The summed E-state index contributed by atoms with van der Waals surface area (Å²) in [6.07, 6.45) is 7.41. The molecule has 0 unspecified atom stereocenters. The predicted molar refractivity (Wildman–Crippen MR) is 77.4 cm³/mol. The van der Waals surface area contributed by atoms with Crippen molar-refractivity contribution in [2.75, 3.05) is 33.3 Å². The molecule has 1 N–H and O–H groups in total. The quantitative estimate of drug-likeness (QED) is 0.797. The van der Waals surface area contributed by atoms with Gasteiger partial charge in [0.25, 0.3) is 0 Å². The van der Waals surface area contributed by atoms with Crippen molar-refractivity contribution in [2.45, 2.75) is 32.2 Å². The number of hydrogen-bond acceptors (Lipinski definition) is 4. The van der Waals surface area contributed by atoms with E-state index in [9.17, 15) is 0 Å². The van der Waals surface area contributed by atoms with Crippen molar-refractivity contribution in [1.82, 2.24) is 15.2 Å². The molecule has 2 heterocycles. The van der Waals surface area contributed by atoms with Gasteiger partial charge in [0, 0.05) is 31.9 Å². The van der Waals surface area contributed by atoms with Crippen LogP contribution in [0.2, 0.25) is 0 Å². The van der Waals surface area contributed by atoms with Crippen LogP contribution in [-0.4, -0.2) is 43.2 Å². The fraction of sp³-hybridized carbons (Fsp3) is 0.667. The Hall–Kier alpha value is -1.13. The Kier molecular flexibility index (Phi) is 6.11. The van der Waals surface area contributed by atoms with E-state index in [0.29, 0.717) is 5.88 Å². The number of methoxy groups -OCH3 is 1. The molecule has 4 heteroatoms. The molecule has 0 spiro atoms. The van der Waals surface area contributed by atoms with Crippen LogP contribution in [0.5, 0.6) is 5.88 Å². The first kappa shape index (κ1) is 14.3. The normalized spacial score (nSPS) is 17.1. The van der Waals surface area contributed by atoms with Crippen LogP contribution < -0.4 is 10.1 Å². The van der Waals surface area contributed by atoms with Gasteiger partial charge in [0.15, 0.2) is 0 Å². The van der Waals surface area contributed by atoms with Crippen LogP contribution in [0.1, 0.15) is 31.2 Å². The lowest BCUT2D eigenvalue weighted by molar-refractivity contribution is 0.284. The Balaban J connectivity index is 1.62. The molecule has 0 amide bonds. The second-order valence-corrected chi connectivity index (χ2v) is 5.14. The van der Waals surface area contributed by atoms with Gasteiger partial charge in [0.05, 0.1) is 7.11 Å². The largest absolute Gasteiger partial charge is 0.481 e. The van der Waals surface area contributed by atoms with Crippen LogP contribution in [0.3, 0.4) is 0 Å². The average Bonchev–Trinajstić information content (AvgIpc) is 2.73. The molecule has 0 aromatic carbocycles. The third-order valence-corrected chi connectivity index (χ3v) is 3.64. The maximum Gasteiger partial charge on any atom is 0.212 e. The molecular formula is C15H25N3O. The smallest absolute Gasteiger partial charge is 0.212 e. The van der Waals surface area contributed by atoms with Crippen LogP contribution >= 0.6 is 0 Å². The molecular weight excluding hydrogens is 238 g/mol. The van der Waals surface area contributed by atoms with Crippen molar-refractivity contribution in [3.05, 3.63) is 23.9 Å². The van der Waals surface area contributed by atoms with Crippen molar-refractivity contribution in [2.24, 2.45) is 0 Å². The van der Waals surface area contributed by atoms with Crippen molar-refractivity contribution in [1.29, 1.82) is 0 Å². The Morgan fingerprint density at radius 2 is 2.00 bits per heavy atom. The molecule has 1 fully saturated rings. The number of nitrogens with zero attached hydrogens (tertiary/aromatic N) is 2. The SMILES string of the molecule is COc1ccc(CNCCN2CCCCCC2)cn1. The molecule has 1 saturated heterocycles. The first-order valence-electron chi connectivity index (χ1n) is 7.30. The lowest BCUT2D eigenvalue weighted by Crippen LogP contribution is -2.32. The molecule has 0 saturated carbocycles. The van der Waals surface area contributed by atoms with Crippen LogP contribution in [0.15, 0.2) is 18.3 Å². The second-order valence-electron chi connectivity index (χ2n) is 5.14. The summed E-state index contributed by atoms with van der Waals surface area (Å²) in [5, 5.41) is 3.48. The zero-order chi connectivity index (χ0) is 13.3. The number of pyridine rings is 1. The lowest BCUT2D eigenvalue weighted by atomic mass is 10.2. The zero-order valence-corrected chi connectivity index (χ0v) is 11.9. The topological polar surface area (TPSA) is 37.4 Å². The van der Waals surface area contributed by atoms with Crippen LogP contribution in [0.25, 0.3) is 0 Å². The fourth-order valence-electron chi connectivity index (χ4n) is 2.47. The number of aromatic nitrogens is 1. The number of hydrogen-bond donors (Lipinski definition) is 1. The number of ether oxygens (including phenoxy) is 1. The second kappa shape index (κ2) is 8.12. The van der Waals surface area contributed by atoms with E-state index in [1.165, 1.54) is 44.3 Å². The summed E-state index contributed by atoms with van der Waals surface area (Å²) in [7, 11) is 1.64. The summed E-state index contributed by atoms with van der Waals surface area (Å²) in [6.45, 7) is 5.62. The van der Waals surface area contributed by atoms with Gasteiger partial charge in [0.1, 0.15) is 0 Å². The lowest BCUT2D eigenvalue weighted by Gasteiger charge is -2.19. The highest BCUT2D eigenvalue weighted by atomic mass is 16.5. The van der Waals surface area contributed by atoms with Crippen LogP contribution in [0, 0.1) is 0 Å². The van der Waals surface area contributed by atoms with Crippen molar-refractivity contribution < 1.29 is 4.74 Å². The Labute approximate surface area is 116 Å². The maximum absolute atomic E-state index is 5.05. The highest BCUT2D eigenvalue weighted by Gasteiger charge is 2.07. The molecule has 2 rings (SSSR count). The Morgan fingerprint density at radius 1 is 1.21 bits per heavy atom. The van der Waals surface area contributed by atoms with E-state index in [1.807, 2.05) is 12.3 Å². The van der Waals surface area contributed by atoms with E-state index in [2.05, 4.69) is 21.3 Å². The summed E-state index contributed by atoms with van der Waals surface area (Å²) in [5.41, 5.74) is 1.21. The monoisotopic (exact) mass is 263 g/mol. The zero-order valence-electron chi connectivity index (χ0n) is 11.9. The van der Waals surface area contributed by atoms with Gasteiger partial charge < -0.3 is 15.0 Å². The molecule has 1 aromatic rings. The van der Waals surface area contributed by atoms with E-state index in [4.69, 9.17) is 4.74 Å². The van der Waals surface area contributed by atoms with E-state index in [0.717, 1.165) is 19.6 Å². The van der Waals surface area contributed by atoms with Gasteiger partial charge >= 0.3 is 0 Å². The van der Waals surface area contributed by atoms with Crippen LogP contribution in [0.4, 0.5) is 0 Å². The minimum atomic E-state index is 0.674. The van der Waals surface area contributed by atoms with Crippen molar-refractivity contribution >= 4 is 0 Å². The summed E-state index contributed by atoms with van der Waals surface area (Å²) < 4.78 is 5.05. The van der Waals surface area contributed by atoms with E-state index < -0.39 is 0 Å². The molecule has 0 bridgehead atoms. The molecule has 0 aliphatic carbocycles. The van der Waals surface area contributed by atoms with Crippen LogP contribution in [-0.2, 0) is 6.54 Å².